The van der Waals surface area contributed by atoms with Crippen molar-refractivity contribution in [2.24, 2.45) is 5.73 Å². The van der Waals surface area contributed by atoms with E-state index in [4.69, 9.17) is 5.73 Å². The van der Waals surface area contributed by atoms with Crippen LogP contribution in [-0.4, -0.2) is 0 Å². The van der Waals surface area contributed by atoms with E-state index >= 15 is 0 Å². The van der Waals surface area contributed by atoms with E-state index in [-0.39, 0.29) is 6.04 Å². The van der Waals surface area contributed by atoms with Gasteiger partial charge in [0.05, 0.1) is 0 Å². The van der Waals surface area contributed by atoms with Gasteiger partial charge in [-0.15, -0.1) is 0 Å². The first-order valence-corrected chi connectivity index (χ1v) is 7.53. The minimum Gasteiger partial charge on any atom is -0.324 e. The first-order chi connectivity index (χ1) is 9.11. The van der Waals surface area contributed by atoms with Crippen molar-refractivity contribution in [1.82, 2.24) is 0 Å². The normalized spacial score (nSPS) is 12.4. The topological polar surface area (TPSA) is 26.0 Å². The van der Waals surface area contributed by atoms with E-state index in [0.29, 0.717) is 0 Å². The molecular formula is C17H21NS. The Bertz CT molecular complexity index is 563. The second-order valence-corrected chi connectivity index (χ2v) is 6.01. The third kappa shape index (κ3) is 3.40. The number of hydrogen-bond acceptors (Lipinski definition) is 2. The van der Waals surface area contributed by atoms with Gasteiger partial charge in [-0.1, -0.05) is 54.6 Å². The Morgan fingerprint density at radius 2 is 1.79 bits per heavy atom. The summed E-state index contributed by atoms with van der Waals surface area (Å²) in [5, 5.41) is 0. The van der Waals surface area contributed by atoms with E-state index in [2.05, 4.69) is 63.2 Å². The lowest BCUT2D eigenvalue weighted by Gasteiger charge is -2.15. The second-order valence-electron chi connectivity index (χ2n) is 4.92. The summed E-state index contributed by atoms with van der Waals surface area (Å²) in [7, 11) is 0. The van der Waals surface area contributed by atoms with Crippen LogP contribution in [0.4, 0.5) is 0 Å². The zero-order valence-corrected chi connectivity index (χ0v) is 12.6. The summed E-state index contributed by atoms with van der Waals surface area (Å²) >= 11 is 1.81. The molecule has 2 aromatic rings. The van der Waals surface area contributed by atoms with Gasteiger partial charge in [0.15, 0.2) is 0 Å². The van der Waals surface area contributed by atoms with Crippen LogP contribution in [0.2, 0.25) is 0 Å². The molecule has 0 bridgehead atoms. The molecule has 19 heavy (non-hydrogen) atoms. The van der Waals surface area contributed by atoms with Crippen LogP contribution in [0.5, 0.6) is 0 Å². The Kier molecular flexibility index (Phi) is 4.67. The maximum absolute atomic E-state index is 6.20. The van der Waals surface area contributed by atoms with E-state index < -0.39 is 0 Å². The molecule has 0 unspecified atom stereocenters. The minimum absolute atomic E-state index is 0.120. The molecule has 0 fully saturated rings. The molecule has 0 spiro atoms. The molecule has 0 aromatic heterocycles. The van der Waals surface area contributed by atoms with E-state index in [1.165, 1.54) is 26.5 Å². The van der Waals surface area contributed by atoms with Crippen molar-refractivity contribution in [2.75, 3.05) is 0 Å². The summed E-state index contributed by atoms with van der Waals surface area (Å²) < 4.78 is 0. The average molecular weight is 271 g/mol. The Balaban J connectivity index is 2.33. The van der Waals surface area contributed by atoms with Gasteiger partial charge in [-0.2, -0.15) is 0 Å². The second kappa shape index (κ2) is 6.27. The maximum atomic E-state index is 6.20. The highest BCUT2D eigenvalue weighted by Crippen LogP contribution is 2.35. The summed E-state index contributed by atoms with van der Waals surface area (Å²) in [6.07, 6.45) is 0.963. The standard InChI is InChI=1S/C17H21NS/c1-4-15(18)14-7-5-6-8-17(14)19-16-10-9-12(2)11-13(16)3/h5-11,15H,4,18H2,1-3H3/t15-/m1/s1. The zero-order chi connectivity index (χ0) is 13.8. The summed E-state index contributed by atoms with van der Waals surface area (Å²) in [5.41, 5.74) is 10.1. The van der Waals surface area contributed by atoms with Crippen molar-refractivity contribution >= 4 is 11.8 Å². The molecule has 100 valence electrons. The summed E-state index contributed by atoms with van der Waals surface area (Å²) in [5.74, 6) is 0. The third-order valence-corrected chi connectivity index (χ3v) is 4.58. The summed E-state index contributed by atoms with van der Waals surface area (Å²) in [4.78, 5) is 2.57. The number of rotatable bonds is 4. The van der Waals surface area contributed by atoms with Crippen molar-refractivity contribution in [3.8, 4) is 0 Å². The molecular weight excluding hydrogens is 250 g/mol. The molecule has 0 aliphatic heterocycles. The largest absolute Gasteiger partial charge is 0.324 e. The quantitative estimate of drug-likeness (QED) is 0.859. The monoisotopic (exact) mass is 271 g/mol. The van der Waals surface area contributed by atoms with Crippen LogP contribution in [0.25, 0.3) is 0 Å². The summed E-state index contributed by atoms with van der Waals surface area (Å²) in [6.45, 7) is 6.42. The minimum atomic E-state index is 0.120. The maximum Gasteiger partial charge on any atom is 0.0303 e. The Labute approximate surface area is 120 Å². The van der Waals surface area contributed by atoms with Crippen LogP contribution in [0.15, 0.2) is 52.3 Å². The van der Waals surface area contributed by atoms with Gasteiger partial charge in [0.2, 0.25) is 0 Å². The molecule has 0 heterocycles. The van der Waals surface area contributed by atoms with Gasteiger partial charge in [-0.25, -0.2) is 0 Å². The van der Waals surface area contributed by atoms with E-state index in [0.717, 1.165) is 6.42 Å². The number of benzene rings is 2. The van der Waals surface area contributed by atoms with Crippen LogP contribution < -0.4 is 5.73 Å². The van der Waals surface area contributed by atoms with Crippen LogP contribution in [-0.2, 0) is 0 Å². The molecule has 1 nitrogen and oxygen atoms in total. The average Bonchev–Trinajstić information content (AvgIpc) is 2.41. The molecule has 0 aliphatic carbocycles. The Hall–Kier alpha value is -1.25. The Morgan fingerprint density at radius 3 is 2.47 bits per heavy atom. The van der Waals surface area contributed by atoms with Crippen molar-refractivity contribution < 1.29 is 0 Å². The lowest BCUT2D eigenvalue weighted by molar-refractivity contribution is 0.685. The van der Waals surface area contributed by atoms with Crippen LogP contribution in [0.3, 0.4) is 0 Å². The van der Waals surface area contributed by atoms with Crippen molar-refractivity contribution in [1.29, 1.82) is 0 Å². The van der Waals surface area contributed by atoms with E-state index in [1.54, 1.807) is 0 Å². The molecule has 1 atom stereocenters. The van der Waals surface area contributed by atoms with Crippen molar-refractivity contribution in [3.63, 3.8) is 0 Å². The highest BCUT2D eigenvalue weighted by Gasteiger charge is 2.10. The van der Waals surface area contributed by atoms with Crippen molar-refractivity contribution in [2.45, 2.75) is 43.0 Å². The van der Waals surface area contributed by atoms with Crippen LogP contribution in [0.1, 0.15) is 36.1 Å². The molecule has 0 aliphatic rings. The fraction of sp³-hybridized carbons (Fsp3) is 0.294. The van der Waals surface area contributed by atoms with Gasteiger partial charge < -0.3 is 5.73 Å². The van der Waals surface area contributed by atoms with Crippen molar-refractivity contribution in [3.05, 3.63) is 59.2 Å². The molecule has 0 amide bonds. The van der Waals surface area contributed by atoms with Gasteiger partial charge in [0.1, 0.15) is 0 Å². The summed E-state index contributed by atoms with van der Waals surface area (Å²) in [6, 6.07) is 15.2. The SMILES string of the molecule is CC[C@@H](N)c1ccccc1Sc1ccc(C)cc1C. The predicted molar refractivity (Wildman–Crippen MR) is 83.7 cm³/mol. The first kappa shape index (κ1) is 14.2. The highest BCUT2D eigenvalue weighted by molar-refractivity contribution is 7.99. The van der Waals surface area contributed by atoms with Gasteiger partial charge in [0.25, 0.3) is 0 Å². The van der Waals surface area contributed by atoms with E-state index in [1.807, 2.05) is 11.8 Å². The van der Waals surface area contributed by atoms with Gasteiger partial charge in [-0.05, 0) is 43.5 Å². The van der Waals surface area contributed by atoms with Crippen LogP contribution in [0, 0.1) is 13.8 Å². The Morgan fingerprint density at radius 1 is 1.05 bits per heavy atom. The smallest absolute Gasteiger partial charge is 0.0303 e. The molecule has 2 rings (SSSR count). The molecule has 0 radical (unpaired) electrons. The fourth-order valence-corrected chi connectivity index (χ4v) is 3.21. The van der Waals surface area contributed by atoms with Gasteiger partial charge >= 0.3 is 0 Å². The third-order valence-electron chi connectivity index (χ3n) is 3.31. The first-order valence-electron chi connectivity index (χ1n) is 6.71. The number of nitrogens with two attached hydrogens (primary N) is 1. The molecule has 0 saturated heterocycles. The zero-order valence-electron chi connectivity index (χ0n) is 11.8. The predicted octanol–water partition coefficient (Wildman–Crippen LogP) is 4.86. The van der Waals surface area contributed by atoms with Gasteiger partial charge in [-0.3, -0.25) is 0 Å². The van der Waals surface area contributed by atoms with E-state index in [9.17, 15) is 0 Å². The lowest BCUT2D eigenvalue weighted by atomic mass is 10.1. The fourth-order valence-electron chi connectivity index (χ4n) is 2.13. The molecule has 2 heteroatoms. The molecule has 0 saturated carbocycles. The molecule has 2 N–H and O–H groups in total. The number of aryl methyl sites for hydroxylation is 2. The number of hydrogen-bond donors (Lipinski definition) is 1. The van der Waals surface area contributed by atoms with Crippen LogP contribution >= 0.6 is 11.8 Å². The van der Waals surface area contributed by atoms with Gasteiger partial charge in [0, 0.05) is 15.8 Å². The highest BCUT2D eigenvalue weighted by atomic mass is 32.2. The lowest BCUT2D eigenvalue weighted by Crippen LogP contribution is -2.09. The molecule has 2 aromatic carbocycles.